The van der Waals surface area contributed by atoms with Crippen molar-refractivity contribution in [3.8, 4) is 6.07 Å². The smallest absolute Gasteiger partial charge is 0.447 e. The highest BCUT2D eigenvalue weighted by atomic mass is 19.1. The molecule has 2 saturated heterocycles. The number of nitrogens with one attached hydrogen (secondary N) is 1. The molecule has 0 saturated carbocycles. The Hall–Kier alpha value is -2.98. The van der Waals surface area contributed by atoms with Gasteiger partial charge in [0.15, 0.2) is 0 Å². The lowest BCUT2D eigenvalue weighted by Crippen LogP contribution is -2.56. The van der Waals surface area contributed by atoms with E-state index in [4.69, 9.17) is 9.47 Å². The molecule has 2 aliphatic heterocycles. The number of carbonyl (C=O) groups is 2. The Morgan fingerprint density at radius 3 is 2.54 bits per heavy atom. The highest BCUT2D eigenvalue weighted by Crippen LogP contribution is 2.31. The summed E-state index contributed by atoms with van der Waals surface area (Å²) in [5.41, 5.74) is -0.848. The average Bonchev–Trinajstić information content (AvgIpc) is 2.91. The van der Waals surface area contributed by atoms with E-state index in [9.17, 15) is 29.3 Å². The minimum Gasteiger partial charge on any atom is -0.447 e. The monoisotopic (exact) mass is 544 g/mol. The molecule has 39 heavy (non-hydrogen) atoms. The van der Waals surface area contributed by atoms with Crippen LogP contribution in [0.5, 0.6) is 0 Å². The molecule has 2 heterocycles. The maximum absolute atomic E-state index is 13.6. The van der Waals surface area contributed by atoms with Gasteiger partial charge in [-0.05, 0) is 63.8 Å². The van der Waals surface area contributed by atoms with E-state index in [1.54, 1.807) is 11.0 Å². The van der Waals surface area contributed by atoms with Crippen LogP contribution in [-0.4, -0.2) is 89.5 Å². The molecule has 2 fully saturated rings. The number of alkyl carbamates (subject to hydrolysis) is 1. The quantitative estimate of drug-likeness (QED) is 0.245. The van der Waals surface area contributed by atoms with Gasteiger partial charge in [-0.2, -0.15) is 5.26 Å². The van der Waals surface area contributed by atoms with E-state index in [1.807, 2.05) is 20.8 Å². The Morgan fingerprint density at radius 2 is 1.92 bits per heavy atom. The van der Waals surface area contributed by atoms with E-state index in [0.717, 1.165) is 12.8 Å². The van der Waals surface area contributed by atoms with Gasteiger partial charge in [0.1, 0.15) is 24.1 Å². The molecule has 0 unspecified atom stereocenters. The first kappa shape index (κ1) is 30.6. The SMILES string of the molecule is CC(C)(C=C(C#N)C(=O)N1CCCC[C@]1(C)COC(=O)N[C@H](CB(O)O)c1ccc(F)cc1)N1CCOCC1. The molecule has 10 nitrogen and oxygen atoms in total. The number of morpholine rings is 1. The number of amides is 2. The maximum Gasteiger partial charge on any atom is 0.453 e. The summed E-state index contributed by atoms with van der Waals surface area (Å²) in [4.78, 5) is 30.1. The number of benzene rings is 1. The highest BCUT2D eigenvalue weighted by Gasteiger charge is 2.41. The summed E-state index contributed by atoms with van der Waals surface area (Å²) in [7, 11) is -1.71. The van der Waals surface area contributed by atoms with Crippen molar-refractivity contribution in [3.05, 3.63) is 47.3 Å². The summed E-state index contributed by atoms with van der Waals surface area (Å²) in [5.74, 6) is -0.864. The molecule has 3 N–H and O–H groups in total. The van der Waals surface area contributed by atoms with Gasteiger partial charge in [0.05, 0.1) is 24.8 Å². The first-order valence-corrected chi connectivity index (χ1v) is 13.3. The molecule has 1 aromatic carbocycles. The van der Waals surface area contributed by atoms with Gasteiger partial charge in [0.25, 0.3) is 5.91 Å². The van der Waals surface area contributed by atoms with Crippen molar-refractivity contribution >= 4 is 19.1 Å². The molecule has 0 radical (unpaired) electrons. The molecular formula is C27H38BFN4O6. The molecule has 3 rings (SSSR count). The van der Waals surface area contributed by atoms with Crippen molar-refractivity contribution in [2.45, 2.75) is 63.5 Å². The van der Waals surface area contributed by atoms with E-state index in [-0.39, 0.29) is 18.5 Å². The highest BCUT2D eigenvalue weighted by molar-refractivity contribution is 6.41. The average molecular weight is 544 g/mol. The zero-order valence-corrected chi connectivity index (χ0v) is 22.9. The number of halogens is 1. The summed E-state index contributed by atoms with van der Waals surface area (Å²) in [5, 5.41) is 31.4. The molecule has 0 aliphatic carbocycles. The molecule has 2 amide bonds. The zero-order valence-electron chi connectivity index (χ0n) is 22.9. The van der Waals surface area contributed by atoms with Crippen molar-refractivity contribution in [1.29, 1.82) is 5.26 Å². The van der Waals surface area contributed by atoms with Gasteiger partial charge in [-0.3, -0.25) is 9.69 Å². The second-order valence-electron chi connectivity index (χ2n) is 10.9. The normalized spacial score (nSPS) is 21.6. The first-order chi connectivity index (χ1) is 18.4. The summed E-state index contributed by atoms with van der Waals surface area (Å²) in [6.45, 7) is 8.65. The Morgan fingerprint density at radius 1 is 1.26 bits per heavy atom. The fourth-order valence-corrected chi connectivity index (χ4v) is 5.14. The van der Waals surface area contributed by atoms with Crippen LogP contribution in [-0.2, 0) is 14.3 Å². The van der Waals surface area contributed by atoms with Crippen LogP contribution >= 0.6 is 0 Å². The molecule has 0 spiro atoms. The first-order valence-electron chi connectivity index (χ1n) is 13.3. The number of nitriles is 1. The van der Waals surface area contributed by atoms with E-state index in [0.29, 0.717) is 44.8 Å². The fraction of sp³-hybridized carbons (Fsp3) is 0.593. The van der Waals surface area contributed by atoms with E-state index in [2.05, 4.69) is 16.3 Å². The van der Waals surface area contributed by atoms with Crippen LogP contribution in [0, 0.1) is 17.1 Å². The zero-order chi connectivity index (χ0) is 28.6. The lowest BCUT2D eigenvalue weighted by molar-refractivity contribution is -0.136. The van der Waals surface area contributed by atoms with E-state index < -0.39 is 42.1 Å². The number of piperidine rings is 1. The predicted molar refractivity (Wildman–Crippen MR) is 143 cm³/mol. The van der Waals surface area contributed by atoms with Gasteiger partial charge in [0, 0.05) is 31.5 Å². The number of hydrogen-bond donors (Lipinski definition) is 3. The van der Waals surface area contributed by atoms with Crippen LogP contribution in [0.1, 0.15) is 51.6 Å². The van der Waals surface area contributed by atoms with Gasteiger partial charge < -0.3 is 29.7 Å². The third kappa shape index (κ3) is 8.26. The van der Waals surface area contributed by atoms with Gasteiger partial charge in [-0.15, -0.1) is 0 Å². The van der Waals surface area contributed by atoms with Crippen LogP contribution in [0.2, 0.25) is 6.32 Å². The van der Waals surface area contributed by atoms with Crippen LogP contribution in [0.3, 0.4) is 0 Å². The molecule has 12 heteroatoms. The molecule has 0 aromatic heterocycles. The van der Waals surface area contributed by atoms with Crippen molar-refractivity contribution in [1.82, 2.24) is 15.1 Å². The number of likely N-dealkylation sites (tertiary alicyclic amines) is 1. The number of carbonyl (C=O) groups excluding carboxylic acids is 2. The third-order valence-corrected chi connectivity index (χ3v) is 7.44. The molecule has 0 bridgehead atoms. The Balaban J connectivity index is 1.71. The lowest BCUT2D eigenvalue weighted by atomic mass is 9.79. The fourth-order valence-electron chi connectivity index (χ4n) is 5.14. The minimum absolute atomic E-state index is 0.0392. The summed E-state index contributed by atoms with van der Waals surface area (Å²) in [6.07, 6.45) is 2.84. The summed E-state index contributed by atoms with van der Waals surface area (Å²) in [6, 6.07) is 6.57. The number of hydrogen-bond acceptors (Lipinski definition) is 8. The van der Waals surface area contributed by atoms with Gasteiger partial charge in [-0.1, -0.05) is 12.1 Å². The minimum atomic E-state index is -1.71. The van der Waals surface area contributed by atoms with Crippen LogP contribution in [0.15, 0.2) is 35.9 Å². The predicted octanol–water partition coefficient (Wildman–Crippen LogP) is 2.40. The van der Waals surface area contributed by atoms with Crippen molar-refractivity contribution in [2.24, 2.45) is 0 Å². The second-order valence-corrected chi connectivity index (χ2v) is 10.9. The summed E-state index contributed by atoms with van der Waals surface area (Å²) >= 11 is 0. The largest absolute Gasteiger partial charge is 0.453 e. The Labute approximate surface area is 229 Å². The number of nitrogens with zero attached hydrogens (tertiary/aromatic N) is 3. The number of rotatable bonds is 9. The molecule has 2 aliphatic rings. The second kappa shape index (κ2) is 13.4. The maximum atomic E-state index is 13.6. The third-order valence-electron chi connectivity index (χ3n) is 7.44. The number of ether oxygens (including phenoxy) is 2. The topological polar surface area (TPSA) is 135 Å². The standard InChI is InChI=1S/C27H38BFN4O6/c1-26(2,32-12-14-38-15-13-32)16-21(18-30)24(34)33-11-5-4-10-27(33,3)19-39-25(35)31-23(17-28(36)37)20-6-8-22(29)9-7-20/h6-9,16,23,36-37H,4-5,10-15,17,19H2,1-3H3,(H,31,35)/t23-,27-/m1/s1. The van der Waals surface area contributed by atoms with Crippen LogP contribution in [0.4, 0.5) is 9.18 Å². The Kier molecular flexibility index (Phi) is 10.5. The van der Waals surface area contributed by atoms with Crippen LogP contribution in [0.25, 0.3) is 0 Å². The van der Waals surface area contributed by atoms with Gasteiger partial charge >= 0.3 is 13.2 Å². The molecule has 1 aromatic rings. The molecule has 212 valence electrons. The van der Waals surface area contributed by atoms with Crippen LogP contribution < -0.4 is 5.32 Å². The van der Waals surface area contributed by atoms with Crippen molar-refractivity contribution in [2.75, 3.05) is 39.5 Å². The van der Waals surface area contributed by atoms with E-state index in [1.165, 1.54) is 24.3 Å². The van der Waals surface area contributed by atoms with Crippen molar-refractivity contribution in [3.63, 3.8) is 0 Å². The Bertz CT molecular complexity index is 1070. The van der Waals surface area contributed by atoms with Crippen molar-refractivity contribution < 1.29 is 33.5 Å². The van der Waals surface area contributed by atoms with Gasteiger partial charge in [0.2, 0.25) is 0 Å². The summed E-state index contributed by atoms with van der Waals surface area (Å²) < 4.78 is 24.3. The molecular weight excluding hydrogens is 506 g/mol. The molecule has 2 atom stereocenters. The van der Waals surface area contributed by atoms with Gasteiger partial charge in [-0.25, -0.2) is 9.18 Å². The lowest BCUT2D eigenvalue weighted by Gasteiger charge is -2.44. The van der Waals surface area contributed by atoms with E-state index >= 15 is 0 Å².